The number of hydrogen-bond donors (Lipinski definition) is 1. The maximum Gasteiger partial charge on any atom is 0.278 e. The third-order valence-electron chi connectivity index (χ3n) is 3.22. The summed E-state index contributed by atoms with van der Waals surface area (Å²) in [6.07, 6.45) is 1.67. The molecule has 2 heterocycles. The summed E-state index contributed by atoms with van der Waals surface area (Å²) in [6.45, 7) is -0.186. The molecule has 1 aliphatic heterocycles. The Hall–Kier alpha value is -2.61. The van der Waals surface area contributed by atoms with E-state index in [0.29, 0.717) is 22.2 Å². The van der Waals surface area contributed by atoms with Crippen LogP contribution in [0.3, 0.4) is 0 Å². The normalized spacial score (nSPS) is 16.1. The molecule has 1 aliphatic rings. The largest absolute Gasteiger partial charge is 0.481 e. The van der Waals surface area contributed by atoms with Crippen molar-refractivity contribution in [3.63, 3.8) is 0 Å². The average Bonchev–Trinajstić information content (AvgIpc) is 2.90. The number of hydrogen-bond acceptors (Lipinski definition) is 6. The Morgan fingerprint density at radius 1 is 1.43 bits per heavy atom. The number of thioether (sulfide) groups is 1. The SMILES string of the molecule is CN1C(=O)CS/C1=N/NC(=O)COc1cccc2cccnc12. The minimum Gasteiger partial charge on any atom is -0.481 e. The number of aromatic nitrogens is 1. The molecule has 2 aromatic rings. The van der Waals surface area contributed by atoms with Crippen LogP contribution in [0, 0.1) is 0 Å². The topological polar surface area (TPSA) is 83.9 Å². The first-order chi connectivity index (χ1) is 11.1. The summed E-state index contributed by atoms with van der Waals surface area (Å²) >= 11 is 1.28. The van der Waals surface area contributed by atoms with Crippen LogP contribution in [-0.2, 0) is 9.59 Å². The summed E-state index contributed by atoms with van der Waals surface area (Å²) in [6, 6.07) is 9.28. The molecule has 0 radical (unpaired) electrons. The van der Waals surface area contributed by atoms with Crippen LogP contribution in [0.15, 0.2) is 41.6 Å². The van der Waals surface area contributed by atoms with Gasteiger partial charge in [0.2, 0.25) is 5.91 Å². The molecule has 0 saturated carbocycles. The Kier molecular flexibility index (Phi) is 4.42. The van der Waals surface area contributed by atoms with Gasteiger partial charge in [0, 0.05) is 18.6 Å². The van der Waals surface area contributed by atoms with Crippen molar-refractivity contribution >= 4 is 39.6 Å². The lowest BCUT2D eigenvalue weighted by Crippen LogP contribution is -2.30. The number of ether oxygens (including phenoxy) is 1. The van der Waals surface area contributed by atoms with Crippen molar-refractivity contribution in [3.8, 4) is 5.75 Å². The first kappa shape index (κ1) is 15.3. The van der Waals surface area contributed by atoms with Crippen molar-refractivity contribution < 1.29 is 14.3 Å². The van der Waals surface area contributed by atoms with Gasteiger partial charge < -0.3 is 4.74 Å². The summed E-state index contributed by atoms with van der Waals surface area (Å²) in [7, 11) is 1.62. The number of amides is 2. The van der Waals surface area contributed by atoms with Crippen molar-refractivity contribution in [3.05, 3.63) is 36.5 Å². The van der Waals surface area contributed by atoms with E-state index in [1.807, 2.05) is 24.3 Å². The highest BCUT2D eigenvalue weighted by Crippen LogP contribution is 2.22. The number of carbonyl (C=O) groups is 2. The van der Waals surface area contributed by atoms with E-state index in [1.165, 1.54) is 16.7 Å². The molecule has 1 saturated heterocycles. The maximum absolute atomic E-state index is 11.8. The highest BCUT2D eigenvalue weighted by molar-refractivity contribution is 8.15. The van der Waals surface area contributed by atoms with Gasteiger partial charge in [-0.05, 0) is 12.1 Å². The van der Waals surface area contributed by atoms with E-state index >= 15 is 0 Å². The van der Waals surface area contributed by atoms with Crippen molar-refractivity contribution in [1.29, 1.82) is 0 Å². The summed E-state index contributed by atoms with van der Waals surface area (Å²) in [5, 5.41) is 5.32. The highest BCUT2D eigenvalue weighted by atomic mass is 32.2. The molecule has 0 unspecified atom stereocenters. The molecule has 2 amide bonds. The standard InChI is InChI=1S/C15H14N4O3S/c1-19-13(21)9-23-15(19)18-17-12(20)8-22-11-6-2-4-10-5-3-7-16-14(10)11/h2-7H,8-9H2,1H3,(H,17,20)/b18-15+. The number of carbonyl (C=O) groups excluding carboxylic acids is 2. The third-order valence-corrected chi connectivity index (χ3v) is 4.23. The average molecular weight is 330 g/mol. The molecular formula is C15H14N4O3S. The monoisotopic (exact) mass is 330 g/mol. The Balaban J connectivity index is 1.61. The van der Waals surface area contributed by atoms with Crippen LogP contribution in [0.2, 0.25) is 0 Å². The number of para-hydroxylation sites is 1. The van der Waals surface area contributed by atoms with Crippen molar-refractivity contribution in [2.45, 2.75) is 0 Å². The maximum atomic E-state index is 11.8. The molecule has 1 aromatic heterocycles. The molecule has 0 atom stereocenters. The van der Waals surface area contributed by atoms with Crippen LogP contribution in [0.1, 0.15) is 0 Å². The molecule has 1 aromatic carbocycles. The van der Waals surface area contributed by atoms with E-state index in [2.05, 4.69) is 15.5 Å². The highest BCUT2D eigenvalue weighted by Gasteiger charge is 2.24. The minimum atomic E-state index is -0.404. The number of pyridine rings is 1. The zero-order valence-corrected chi connectivity index (χ0v) is 13.2. The Morgan fingerprint density at radius 3 is 3.04 bits per heavy atom. The van der Waals surface area contributed by atoms with Gasteiger partial charge in [-0.1, -0.05) is 30.0 Å². The quantitative estimate of drug-likeness (QED) is 0.852. The Labute approximate surface area is 136 Å². The van der Waals surface area contributed by atoms with Crippen LogP contribution < -0.4 is 10.2 Å². The second-order valence-electron chi connectivity index (χ2n) is 4.79. The molecule has 7 nitrogen and oxygen atoms in total. The lowest BCUT2D eigenvalue weighted by molar-refractivity contribution is -0.124. The zero-order valence-electron chi connectivity index (χ0n) is 12.4. The van der Waals surface area contributed by atoms with Crippen LogP contribution in [0.5, 0.6) is 5.75 Å². The molecule has 8 heteroatoms. The Bertz CT molecular complexity index is 788. The van der Waals surface area contributed by atoms with Crippen LogP contribution in [0.25, 0.3) is 10.9 Å². The molecule has 0 aliphatic carbocycles. The predicted molar refractivity (Wildman–Crippen MR) is 88.0 cm³/mol. The molecule has 1 N–H and O–H groups in total. The summed E-state index contributed by atoms with van der Waals surface area (Å²) < 4.78 is 5.51. The van der Waals surface area contributed by atoms with E-state index in [9.17, 15) is 9.59 Å². The van der Waals surface area contributed by atoms with Gasteiger partial charge in [0.05, 0.1) is 5.75 Å². The van der Waals surface area contributed by atoms with E-state index in [1.54, 1.807) is 19.3 Å². The fourth-order valence-electron chi connectivity index (χ4n) is 2.01. The molecule has 3 rings (SSSR count). The van der Waals surface area contributed by atoms with E-state index in [0.717, 1.165) is 5.39 Å². The van der Waals surface area contributed by atoms with Gasteiger partial charge in [-0.3, -0.25) is 19.5 Å². The first-order valence-electron chi connectivity index (χ1n) is 6.87. The molecule has 0 bridgehead atoms. The van der Waals surface area contributed by atoms with Gasteiger partial charge in [-0.15, -0.1) is 5.10 Å². The molecule has 1 fully saturated rings. The second-order valence-corrected chi connectivity index (χ2v) is 5.73. The summed E-state index contributed by atoms with van der Waals surface area (Å²) in [5.74, 6) is 0.428. The zero-order chi connectivity index (χ0) is 16.2. The van der Waals surface area contributed by atoms with Gasteiger partial charge in [0.1, 0.15) is 11.3 Å². The van der Waals surface area contributed by atoms with Gasteiger partial charge in [0.15, 0.2) is 11.8 Å². The van der Waals surface area contributed by atoms with E-state index in [4.69, 9.17) is 4.74 Å². The van der Waals surface area contributed by atoms with Gasteiger partial charge in [-0.2, -0.15) is 0 Å². The number of nitrogens with zero attached hydrogens (tertiary/aromatic N) is 3. The smallest absolute Gasteiger partial charge is 0.278 e. The fourth-order valence-corrected chi connectivity index (χ4v) is 2.86. The van der Waals surface area contributed by atoms with E-state index in [-0.39, 0.29) is 12.5 Å². The van der Waals surface area contributed by atoms with E-state index < -0.39 is 5.91 Å². The van der Waals surface area contributed by atoms with Gasteiger partial charge in [0.25, 0.3) is 5.91 Å². The van der Waals surface area contributed by atoms with Crippen LogP contribution in [-0.4, -0.2) is 46.3 Å². The molecule has 118 valence electrons. The van der Waals surface area contributed by atoms with Gasteiger partial charge >= 0.3 is 0 Å². The van der Waals surface area contributed by atoms with Crippen molar-refractivity contribution in [2.24, 2.45) is 5.10 Å². The van der Waals surface area contributed by atoms with Crippen molar-refractivity contribution in [1.82, 2.24) is 15.3 Å². The van der Waals surface area contributed by atoms with Crippen LogP contribution in [0.4, 0.5) is 0 Å². The fraction of sp³-hybridized carbons (Fsp3) is 0.200. The lowest BCUT2D eigenvalue weighted by Gasteiger charge is -2.09. The summed E-state index contributed by atoms with van der Waals surface area (Å²) in [5.41, 5.74) is 3.08. The number of nitrogens with one attached hydrogen (secondary N) is 1. The number of fused-ring (bicyclic) bond motifs is 1. The molecule has 23 heavy (non-hydrogen) atoms. The second kappa shape index (κ2) is 6.66. The Morgan fingerprint density at radius 2 is 2.26 bits per heavy atom. The van der Waals surface area contributed by atoms with Crippen molar-refractivity contribution in [2.75, 3.05) is 19.4 Å². The molecule has 0 spiro atoms. The minimum absolute atomic E-state index is 0.0407. The molecular weight excluding hydrogens is 316 g/mol. The first-order valence-corrected chi connectivity index (χ1v) is 7.86. The number of hydrazone groups is 1. The number of rotatable bonds is 4. The third kappa shape index (κ3) is 3.42. The number of amidine groups is 1. The van der Waals surface area contributed by atoms with Crippen LogP contribution >= 0.6 is 11.8 Å². The predicted octanol–water partition coefficient (Wildman–Crippen LogP) is 1.21. The summed E-state index contributed by atoms with van der Waals surface area (Å²) in [4.78, 5) is 28.8. The lowest BCUT2D eigenvalue weighted by atomic mass is 10.2. The van der Waals surface area contributed by atoms with Gasteiger partial charge in [-0.25, -0.2) is 5.43 Å². The number of benzene rings is 1.